The highest BCUT2D eigenvalue weighted by atomic mass is 35.5. The van der Waals surface area contributed by atoms with E-state index < -0.39 is 0 Å². The van der Waals surface area contributed by atoms with Crippen molar-refractivity contribution in [3.8, 4) is 5.75 Å². The van der Waals surface area contributed by atoms with Crippen LogP contribution in [0.4, 0.5) is 5.69 Å². The highest BCUT2D eigenvalue weighted by molar-refractivity contribution is 5.94. The SMILES string of the molecule is C[C@H]1C[C@@H](C(=O)Nc2ccccc2OC2CCOC2)CCN1.Cl. The first-order valence-electron chi connectivity index (χ1n) is 8.10. The van der Waals surface area contributed by atoms with Gasteiger partial charge in [-0.1, -0.05) is 12.1 Å². The van der Waals surface area contributed by atoms with Crippen molar-refractivity contribution in [1.82, 2.24) is 5.32 Å². The second-order valence-corrected chi connectivity index (χ2v) is 6.17. The number of ether oxygens (including phenoxy) is 2. The van der Waals surface area contributed by atoms with Crippen LogP contribution in [-0.2, 0) is 9.53 Å². The van der Waals surface area contributed by atoms with Gasteiger partial charge in [-0.2, -0.15) is 0 Å². The largest absolute Gasteiger partial charge is 0.486 e. The summed E-state index contributed by atoms with van der Waals surface area (Å²) in [5.41, 5.74) is 0.755. The van der Waals surface area contributed by atoms with Gasteiger partial charge in [0.2, 0.25) is 5.91 Å². The van der Waals surface area contributed by atoms with Gasteiger partial charge in [0.1, 0.15) is 11.9 Å². The average Bonchev–Trinajstić information content (AvgIpc) is 3.02. The summed E-state index contributed by atoms with van der Waals surface area (Å²) in [5, 5.41) is 6.41. The van der Waals surface area contributed by atoms with Crippen LogP contribution in [0.25, 0.3) is 0 Å². The Hall–Kier alpha value is -1.30. The molecule has 1 aromatic carbocycles. The van der Waals surface area contributed by atoms with Gasteiger partial charge in [0.15, 0.2) is 0 Å². The third kappa shape index (κ3) is 4.83. The molecule has 1 aromatic rings. The normalized spacial score (nSPS) is 27.1. The zero-order chi connectivity index (χ0) is 15.4. The van der Waals surface area contributed by atoms with Crippen LogP contribution in [-0.4, -0.2) is 37.8 Å². The monoisotopic (exact) mass is 340 g/mol. The zero-order valence-electron chi connectivity index (χ0n) is 13.4. The molecule has 1 unspecified atom stereocenters. The topological polar surface area (TPSA) is 59.6 Å². The number of piperidine rings is 1. The Morgan fingerprint density at radius 3 is 2.91 bits per heavy atom. The summed E-state index contributed by atoms with van der Waals surface area (Å²) in [6.45, 7) is 4.38. The van der Waals surface area contributed by atoms with Crippen LogP contribution in [0.1, 0.15) is 26.2 Å². The molecule has 5 nitrogen and oxygen atoms in total. The van der Waals surface area contributed by atoms with Crippen molar-refractivity contribution in [2.24, 2.45) is 5.92 Å². The fraction of sp³-hybridized carbons (Fsp3) is 0.588. The molecule has 0 aromatic heterocycles. The van der Waals surface area contributed by atoms with Gasteiger partial charge in [0, 0.05) is 18.4 Å². The lowest BCUT2D eigenvalue weighted by atomic mass is 9.92. The van der Waals surface area contributed by atoms with E-state index in [9.17, 15) is 4.79 Å². The van der Waals surface area contributed by atoms with E-state index in [4.69, 9.17) is 9.47 Å². The molecule has 2 aliphatic heterocycles. The van der Waals surface area contributed by atoms with E-state index in [0.717, 1.165) is 43.9 Å². The van der Waals surface area contributed by atoms with E-state index in [0.29, 0.717) is 12.6 Å². The van der Waals surface area contributed by atoms with Crippen molar-refractivity contribution in [3.63, 3.8) is 0 Å². The van der Waals surface area contributed by atoms with Crippen molar-refractivity contribution < 1.29 is 14.3 Å². The van der Waals surface area contributed by atoms with Crippen molar-refractivity contribution in [2.75, 3.05) is 25.1 Å². The quantitative estimate of drug-likeness (QED) is 0.884. The Morgan fingerprint density at radius 2 is 2.17 bits per heavy atom. The molecule has 6 heteroatoms. The minimum atomic E-state index is 0. The van der Waals surface area contributed by atoms with Gasteiger partial charge in [-0.3, -0.25) is 4.79 Å². The molecule has 0 radical (unpaired) electrons. The number of hydrogen-bond donors (Lipinski definition) is 2. The van der Waals surface area contributed by atoms with E-state index in [-0.39, 0.29) is 30.3 Å². The number of halogens is 1. The number of anilines is 1. The summed E-state index contributed by atoms with van der Waals surface area (Å²) in [6.07, 6.45) is 2.74. The molecular weight excluding hydrogens is 316 g/mol. The lowest BCUT2D eigenvalue weighted by molar-refractivity contribution is -0.120. The van der Waals surface area contributed by atoms with Crippen molar-refractivity contribution in [3.05, 3.63) is 24.3 Å². The summed E-state index contributed by atoms with van der Waals surface area (Å²) >= 11 is 0. The first kappa shape index (κ1) is 18.0. The summed E-state index contributed by atoms with van der Waals surface area (Å²) in [7, 11) is 0. The Balaban J connectivity index is 0.00000192. The van der Waals surface area contributed by atoms with Crippen LogP contribution in [0.3, 0.4) is 0 Å². The highest BCUT2D eigenvalue weighted by Crippen LogP contribution is 2.28. The average molecular weight is 341 g/mol. The van der Waals surface area contributed by atoms with Gasteiger partial charge >= 0.3 is 0 Å². The number of rotatable bonds is 4. The van der Waals surface area contributed by atoms with Crippen LogP contribution >= 0.6 is 12.4 Å². The lowest BCUT2D eigenvalue weighted by Crippen LogP contribution is -2.40. The lowest BCUT2D eigenvalue weighted by Gasteiger charge is -2.27. The maximum absolute atomic E-state index is 12.5. The molecule has 0 spiro atoms. The van der Waals surface area contributed by atoms with Crippen LogP contribution in [0.15, 0.2) is 24.3 Å². The van der Waals surface area contributed by atoms with E-state index in [1.807, 2.05) is 24.3 Å². The van der Waals surface area contributed by atoms with Crippen LogP contribution in [0.5, 0.6) is 5.75 Å². The minimum Gasteiger partial charge on any atom is -0.486 e. The summed E-state index contributed by atoms with van der Waals surface area (Å²) < 4.78 is 11.3. The Labute approximate surface area is 143 Å². The molecule has 2 saturated heterocycles. The van der Waals surface area contributed by atoms with Crippen molar-refractivity contribution in [1.29, 1.82) is 0 Å². The standard InChI is InChI=1S/C17H24N2O3.ClH/c1-12-10-13(6-8-18-12)17(20)19-15-4-2-3-5-16(15)22-14-7-9-21-11-14;/h2-5,12-14,18H,6-11H2,1H3,(H,19,20);1H/t12-,13-,14?;/m0./s1. The Bertz CT molecular complexity index is 520. The second kappa shape index (κ2) is 8.52. The molecular formula is C17H25ClN2O3. The van der Waals surface area contributed by atoms with Crippen LogP contribution < -0.4 is 15.4 Å². The summed E-state index contributed by atoms with van der Waals surface area (Å²) in [5.74, 6) is 0.888. The molecule has 2 aliphatic rings. The van der Waals surface area contributed by atoms with E-state index >= 15 is 0 Å². The number of amides is 1. The molecule has 0 aliphatic carbocycles. The van der Waals surface area contributed by atoms with Crippen molar-refractivity contribution in [2.45, 2.75) is 38.3 Å². The molecule has 23 heavy (non-hydrogen) atoms. The minimum absolute atomic E-state index is 0. The molecule has 3 atom stereocenters. The van der Waals surface area contributed by atoms with Gasteiger partial charge in [0.05, 0.1) is 18.9 Å². The van der Waals surface area contributed by atoms with Gasteiger partial charge < -0.3 is 20.1 Å². The fourth-order valence-electron chi connectivity index (χ4n) is 3.06. The maximum Gasteiger partial charge on any atom is 0.227 e. The molecule has 0 saturated carbocycles. The number of benzene rings is 1. The van der Waals surface area contributed by atoms with E-state index in [1.54, 1.807) is 0 Å². The number of para-hydroxylation sites is 2. The molecule has 2 N–H and O–H groups in total. The predicted octanol–water partition coefficient (Wildman–Crippen LogP) is 2.60. The van der Waals surface area contributed by atoms with E-state index in [1.165, 1.54) is 0 Å². The third-order valence-corrected chi connectivity index (χ3v) is 4.32. The van der Waals surface area contributed by atoms with Crippen molar-refractivity contribution >= 4 is 24.0 Å². The molecule has 3 rings (SSSR count). The van der Waals surface area contributed by atoms with Crippen LogP contribution in [0.2, 0.25) is 0 Å². The van der Waals surface area contributed by atoms with E-state index in [2.05, 4.69) is 17.6 Å². The zero-order valence-corrected chi connectivity index (χ0v) is 14.2. The summed E-state index contributed by atoms with van der Waals surface area (Å²) in [6, 6.07) is 8.03. The maximum atomic E-state index is 12.5. The highest BCUT2D eigenvalue weighted by Gasteiger charge is 2.26. The van der Waals surface area contributed by atoms with Gasteiger partial charge in [-0.25, -0.2) is 0 Å². The third-order valence-electron chi connectivity index (χ3n) is 4.32. The van der Waals surface area contributed by atoms with Gasteiger partial charge in [-0.05, 0) is 38.4 Å². The number of nitrogens with one attached hydrogen (secondary N) is 2. The van der Waals surface area contributed by atoms with Crippen LogP contribution in [0, 0.1) is 5.92 Å². The first-order valence-corrected chi connectivity index (χ1v) is 8.10. The number of carbonyl (C=O) groups is 1. The first-order chi connectivity index (χ1) is 10.7. The van der Waals surface area contributed by atoms with Gasteiger partial charge in [0.25, 0.3) is 0 Å². The molecule has 2 fully saturated rings. The smallest absolute Gasteiger partial charge is 0.227 e. The predicted molar refractivity (Wildman–Crippen MR) is 92.4 cm³/mol. The number of carbonyl (C=O) groups excluding carboxylic acids is 1. The molecule has 128 valence electrons. The second-order valence-electron chi connectivity index (χ2n) is 6.17. The molecule has 1 amide bonds. The molecule has 0 bridgehead atoms. The number of hydrogen-bond acceptors (Lipinski definition) is 4. The fourth-order valence-corrected chi connectivity index (χ4v) is 3.06. The Kier molecular flexibility index (Phi) is 6.69. The molecule has 2 heterocycles. The van der Waals surface area contributed by atoms with Gasteiger partial charge in [-0.15, -0.1) is 12.4 Å². The summed E-state index contributed by atoms with van der Waals surface area (Å²) in [4.78, 5) is 12.5. The Morgan fingerprint density at radius 1 is 1.35 bits per heavy atom.